The Morgan fingerprint density at radius 1 is 1.35 bits per heavy atom. The fourth-order valence-electron chi connectivity index (χ4n) is 2.34. The Kier molecular flexibility index (Phi) is 3.71. The van der Waals surface area contributed by atoms with Crippen LogP contribution in [0.3, 0.4) is 0 Å². The number of rotatable bonds is 2. The largest absolute Gasteiger partial charge is 0.339 e. The van der Waals surface area contributed by atoms with E-state index in [-0.39, 0.29) is 5.91 Å². The van der Waals surface area contributed by atoms with Gasteiger partial charge in [0.25, 0.3) is 5.91 Å². The predicted molar refractivity (Wildman–Crippen MR) is 63.2 cm³/mol. The Bertz CT molecular complexity index is 385. The molecule has 92 valence electrons. The molecule has 1 aliphatic rings. The van der Waals surface area contributed by atoms with Gasteiger partial charge >= 0.3 is 0 Å². The number of amides is 1. The number of carbonyl (C=O) groups is 1. The number of hydrogen-bond donors (Lipinski definition) is 0. The summed E-state index contributed by atoms with van der Waals surface area (Å²) in [5, 5.41) is 0. The molecule has 1 amide bonds. The van der Waals surface area contributed by atoms with Crippen molar-refractivity contribution < 1.29 is 9.18 Å². The fourth-order valence-corrected chi connectivity index (χ4v) is 2.34. The summed E-state index contributed by atoms with van der Waals surface area (Å²) in [6.45, 7) is 0. The van der Waals surface area contributed by atoms with Crippen molar-refractivity contribution in [1.82, 2.24) is 9.88 Å². The lowest BCUT2D eigenvalue weighted by Crippen LogP contribution is -2.38. The minimum absolute atomic E-state index is 0.0654. The van der Waals surface area contributed by atoms with Gasteiger partial charge in [-0.15, -0.1) is 0 Å². The molecule has 0 aliphatic heterocycles. The summed E-state index contributed by atoms with van der Waals surface area (Å²) in [6.07, 6.45) is 7.06. The third-order valence-electron chi connectivity index (χ3n) is 3.42. The molecule has 0 atom stereocenters. The highest BCUT2D eigenvalue weighted by atomic mass is 19.1. The second-order valence-electron chi connectivity index (χ2n) is 4.58. The standard InChI is InChI=1S/C13H17FN2O/c1-16(11-5-3-2-4-6-11)13(17)10-7-8-12(14)15-9-10/h7-9,11H,2-6H2,1H3. The van der Waals surface area contributed by atoms with Gasteiger partial charge in [0.05, 0.1) is 5.56 Å². The summed E-state index contributed by atoms with van der Waals surface area (Å²) in [5.74, 6) is -0.619. The highest BCUT2D eigenvalue weighted by molar-refractivity contribution is 5.93. The van der Waals surface area contributed by atoms with Crippen LogP contribution < -0.4 is 0 Å². The zero-order valence-electron chi connectivity index (χ0n) is 10.0. The van der Waals surface area contributed by atoms with E-state index in [1.165, 1.54) is 37.6 Å². The predicted octanol–water partition coefficient (Wildman–Crippen LogP) is 2.63. The van der Waals surface area contributed by atoms with E-state index in [1.54, 1.807) is 4.90 Å². The van der Waals surface area contributed by atoms with Gasteiger partial charge < -0.3 is 4.90 Å². The number of nitrogens with zero attached hydrogens (tertiary/aromatic N) is 2. The van der Waals surface area contributed by atoms with Crippen LogP contribution in [0.4, 0.5) is 4.39 Å². The van der Waals surface area contributed by atoms with E-state index in [4.69, 9.17) is 0 Å². The Morgan fingerprint density at radius 2 is 2.06 bits per heavy atom. The topological polar surface area (TPSA) is 33.2 Å². The van der Waals surface area contributed by atoms with Gasteiger partial charge in [-0.3, -0.25) is 4.79 Å². The minimum Gasteiger partial charge on any atom is -0.339 e. The van der Waals surface area contributed by atoms with Gasteiger partial charge in [0.15, 0.2) is 0 Å². The van der Waals surface area contributed by atoms with Gasteiger partial charge in [-0.1, -0.05) is 19.3 Å². The highest BCUT2D eigenvalue weighted by Gasteiger charge is 2.22. The molecule has 3 nitrogen and oxygen atoms in total. The van der Waals surface area contributed by atoms with Crippen molar-refractivity contribution in [2.75, 3.05) is 7.05 Å². The average molecular weight is 236 g/mol. The Hall–Kier alpha value is -1.45. The van der Waals surface area contributed by atoms with E-state index in [9.17, 15) is 9.18 Å². The fraction of sp³-hybridized carbons (Fsp3) is 0.538. The first-order valence-electron chi connectivity index (χ1n) is 6.07. The minimum atomic E-state index is -0.554. The lowest BCUT2D eigenvalue weighted by atomic mass is 9.94. The molecule has 1 fully saturated rings. The number of carbonyl (C=O) groups excluding carboxylic acids is 1. The van der Waals surface area contributed by atoms with Crippen LogP contribution in [0, 0.1) is 5.95 Å². The summed E-state index contributed by atoms with van der Waals surface area (Å²) in [7, 11) is 1.82. The monoisotopic (exact) mass is 236 g/mol. The number of pyridine rings is 1. The highest BCUT2D eigenvalue weighted by Crippen LogP contribution is 2.22. The first kappa shape index (κ1) is 12.0. The van der Waals surface area contributed by atoms with Gasteiger partial charge in [-0.25, -0.2) is 4.98 Å². The van der Waals surface area contributed by atoms with Crippen LogP contribution >= 0.6 is 0 Å². The average Bonchev–Trinajstić information content (AvgIpc) is 2.39. The molecule has 0 aromatic carbocycles. The molecule has 1 aliphatic carbocycles. The maximum Gasteiger partial charge on any atom is 0.255 e. The third-order valence-corrected chi connectivity index (χ3v) is 3.42. The molecule has 1 aromatic rings. The summed E-state index contributed by atoms with van der Waals surface area (Å²) < 4.78 is 12.7. The first-order chi connectivity index (χ1) is 8.18. The van der Waals surface area contributed by atoms with Crippen LogP contribution in [0.2, 0.25) is 0 Å². The Balaban J connectivity index is 2.05. The van der Waals surface area contributed by atoms with Crippen LogP contribution in [0.25, 0.3) is 0 Å². The molecule has 1 saturated carbocycles. The molecule has 1 aromatic heterocycles. The number of aromatic nitrogens is 1. The second-order valence-corrected chi connectivity index (χ2v) is 4.58. The van der Waals surface area contributed by atoms with Gasteiger partial charge in [-0.05, 0) is 25.0 Å². The quantitative estimate of drug-likeness (QED) is 0.739. The maximum atomic E-state index is 12.7. The number of halogens is 1. The van der Waals surface area contributed by atoms with E-state index in [2.05, 4.69) is 4.98 Å². The van der Waals surface area contributed by atoms with Crippen LogP contribution in [-0.2, 0) is 0 Å². The van der Waals surface area contributed by atoms with Gasteiger partial charge in [0.1, 0.15) is 0 Å². The maximum absolute atomic E-state index is 12.7. The normalized spacial score (nSPS) is 16.8. The van der Waals surface area contributed by atoms with E-state index in [1.807, 2.05) is 7.05 Å². The van der Waals surface area contributed by atoms with E-state index in [0.29, 0.717) is 11.6 Å². The SMILES string of the molecule is CN(C(=O)c1ccc(F)nc1)C1CCCCC1. The first-order valence-corrected chi connectivity index (χ1v) is 6.07. The van der Waals surface area contributed by atoms with E-state index < -0.39 is 5.95 Å². The summed E-state index contributed by atoms with van der Waals surface area (Å²) >= 11 is 0. The smallest absolute Gasteiger partial charge is 0.255 e. The molecule has 4 heteroatoms. The summed E-state index contributed by atoms with van der Waals surface area (Å²) in [4.78, 5) is 17.4. The van der Waals surface area contributed by atoms with Crippen molar-refractivity contribution in [3.05, 3.63) is 29.8 Å². The van der Waals surface area contributed by atoms with Gasteiger partial charge in [-0.2, -0.15) is 4.39 Å². The Labute approximate surface area is 101 Å². The van der Waals surface area contributed by atoms with Crippen LogP contribution in [0.15, 0.2) is 18.3 Å². The molecule has 0 spiro atoms. The molecule has 0 saturated heterocycles. The zero-order chi connectivity index (χ0) is 12.3. The molecule has 17 heavy (non-hydrogen) atoms. The van der Waals surface area contributed by atoms with Gasteiger partial charge in [0, 0.05) is 19.3 Å². The van der Waals surface area contributed by atoms with Crippen LogP contribution in [-0.4, -0.2) is 28.9 Å². The van der Waals surface area contributed by atoms with Crippen molar-refractivity contribution in [1.29, 1.82) is 0 Å². The van der Waals surface area contributed by atoms with Crippen molar-refractivity contribution >= 4 is 5.91 Å². The summed E-state index contributed by atoms with van der Waals surface area (Å²) in [6, 6.07) is 3.03. The summed E-state index contributed by atoms with van der Waals surface area (Å²) in [5.41, 5.74) is 0.458. The molecule has 2 rings (SSSR count). The van der Waals surface area contributed by atoms with Crippen molar-refractivity contribution in [2.24, 2.45) is 0 Å². The van der Waals surface area contributed by atoms with Crippen molar-refractivity contribution in [3.8, 4) is 0 Å². The van der Waals surface area contributed by atoms with Crippen molar-refractivity contribution in [3.63, 3.8) is 0 Å². The second kappa shape index (κ2) is 5.25. The molecular weight excluding hydrogens is 219 g/mol. The van der Waals surface area contributed by atoms with E-state index >= 15 is 0 Å². The van der Waals surface area contributed by atoms with Gasteiger partial charge in [0.2, 0.25) is 5.95 Å². The molecule has 0 N–H and O–H groups in total. The number of hydrogen-bond acceptors (Lipinski definition) is 2. The third kappa shape index (κ3) is 2.81. The lowest BCUT2D eigenvalue weighted by Gasteiger charge is -2.31. The van der Waals surface area contributed by atoms with Crippen LogP contribution in [0.5, 0.6) is 0 Å². The molecule has 1 heterocycles. The lowest BCUT2D eigenvalue weighted by molar-refractivity contribution is 0.0695. The zero-order valence-corrected chi connectivity index (χ0v) is 10.0. The van der Waals surface area contributed by atoms with Crippen LogP contribution in [0.1, 0.15) is 42.5 Å². The van der Waals surface area contributed by atoms with E-state index in [0.717, 1.165) is 12.8 Å². The molecule has 0 radical (unpaired) electrons. The van der Waals surface area contributed by atoms with Crippen molar-refractivity contribution in [2.45, 2.75) is 38.1 Å². The Morgan fingerprint density at radius 3 is 2.65 bits per heavy atom. The molecule has 0 bridgehead atoms. The molecule has 0 unspecified atom stereocenters. The molecular formula is C13H17FN2O.